The van der Waals surface area contributed by atoms with Gasteiger partial charge in [0.15, 0.2) is 6.10 Å². The van der Waals surface area contributed by atoms with Crippen molar-refractivity contribution in [3.63, 3.8) is 0 Å². The van der Waals surface area contributed by atoms with Gasteiger partial charge in [-0.3, -0.25) is 4.79 Å². The zero-order valence-electron chi connectivity index (χ0n) is 22.5. The van der Waals surface area contributed by atoms with Gasteiger partial charge in [-0.1, -0.05) is 72.8 Å². The molecule has 0 heterocycles. The summed E-state index contributed by atoms with van der Waals surface area (Å²) in [4.78, 5) is 13.0. The molecule has 1 aliphatic carbocycles. The minimum atomic E-state index is -1.31. The number of hydrogen-bond donors (Lipinski definition) is 3. The molecule has 4 aromatic rings. The lowest BCUT2D eigenvalue weighted by Crippen LogP contribution is -2.41. The molecule has 0 saturated carbocycles. The second-order valence-corrected chi connectivity index (χ2v) is 10.2. The van der Waals surface area contributed by atoms with Crippen molar-refractivity contribution in [2.45, 2.75) is 51.0 Å². The molecule has 0 aliphatic heterocycles. The number of carbonyl (C=O) groups excluding carboxylic acids is 1. The number of hydrogen-bond acceptors (Lipinski definition) is 5. The molecule has 0 saturated heterocycles. The first-order valence-corrected chi connectivity index (χ1v) is 13.8. The maximum Gasteiger partial charge on any atom is 0.253 e. The van der Waals surface area contributed by atoms with Crippen molar-refractivity contribution in [3.8, 4) is 11.5 Å². The maximum atomic E-state index is 13.0. The molecule has 0 spiro atoms. The molecule has 2 atom stereocenters. The number of amides is 1. The average molecular weight is 538 g/mol. The number of aliphatic hydroxyl groups excluding tert-OH is 1. The SMILES string of the molecule is O=C(N[C@H]1CCc2ccc(O)cc2C1)[C@@H](O)c1ccc(OCc2ccccc2)c(CCOCc2ccccc2)c1. The first-order valence-electron chi connectivity index (χ1n) is 13.8. The largest absolute Gasteiger partial charge is 0.508 e. The summed E-state index contributed by atoms with van der Waals surface area (Å²) in [7, 11) is 0. The van der Waals surface area contributed by atoms with E-state index in [1.54, 1.807) is 18.2 Å². The van der Waals surface area contributed by atoms with E-state index in [0.717, 1.165) is 35.1 Å². The molecule has 0 bridgehead atoms. The third-order valence-electron chi connectivity index (χ3n) is 7.28. The van der Waals surface area contributed by atoms with E-state index in [4.69, 9.17) is 9.47 Å². The van der Waals surface area contributed by atoms with Crippen LogP contribution in [0.25, 0.3) is 0 Å². The summed E-state index contributed by atoms with van der Waals surface area (Å²) in [6.07, 6.45) is 1.49. The molecule has 0 radical (unpaired) electrons. The normalized spacial score (nSPS) is 15.2. The van der Waals surface area contributed by atoms with Crippen LogP contribution in [0.15, 0.2) is 97.1 Å². The van der Waals surface area contributed by atoms with Gasteiger partial charge < -0.3 is 25.0 Å². The first kappa shape index (κ1) is 27.4. The molecule has 1 aliphatic rings. The Balaban J connectivity index is 1.25. The van der Waals surface area contributed by atoms with Crippen molar-refractivity contribution in [3.05, 3.63) is 130 Å². The van der Waals surface area contributed by atoms with E-state index in [9.17, 15) is 15.0 Å². The average Bonchev–Trinajstić information content (AvgIpc) is 2.99. The molecule has 40 heavy (non-hydrogen) atoms. The number of nitrogens with one attached hydrogen (secondary N) is 1. The summed E-state index contributed by atoms with van der Waals surface area (Å²) < 4.78 is 12.1. The van der Waals surface area contributed by atoms with Gasteiger partial charge in [-0.15, -0.1) is 0 Å². The number of benzene rings is 4. The summed E-state index contributed by atoms with van der Waals surface area (Å²) in [6.45, 7) is 1.39. The number of aryl methyl sites for hydroxylation is 1. The van der Waals surface area contributed by atoms with Gasteiger partial charge in [0.1, 0.15) is 18.1 Å². The van der Waals surface area contributed by atoms with Gasteiger partial charge in [-0.25, -0.2) is 0 Å². The summed E-state index contributed by atoms with van der Waals surface area (Å²) >= 11 is 0. The number of phenols is 1. The van der Waals surface area contributed by atoms with Crippen molar-refractivity contribution in [2.24, 2.45) is 0 Å². The van der Waals surface area contributed by atoms with Crippen molar-refractivity contribution in [1.29, 1.82) is 0 Å². The third-order valence-corrected chi connectivity index (χ3v) is 7.28. The van der Waals surface area contributed by atoms with Crippen LogP contribution in [-0.4, -0.2) is 28.8 Å². The second-order valence-electron chi connectivity index (χ2n) is 10.2. The van der Waals surface area contributed by atoms with Gasteiger partial charge in [-0.2, -0.15) is 0 Å². The Morgan fingerprint density at radius 1 is 0.875 bits per heavy atom. The Bertz CT molecular complexity index is 1410. The summed E-state index contributed by atoms with van der Waals surface area (Å²) in [5, 5.41) is 23.8. The number of phenolic OH excluding ortho intramolecular Hbond substituents is 1. The smallest absolute Gasteiger partial charge is 0.253 e. The Labute approximate surface area is 235 Å². The third kappa shape index (κ3) is 7.29. The fourth-order valence-corrected chi connectivity index (χ4v) is 5.09. The van der Waals surface area contributed by atoms with Crippen LogP contribution in [0, 0.1) is 0 Å². The standard InChI is InChI=1S/C34H35NO5/c36-31-15-12-26-11-14-30(20-29(26)21-31)35-34(38)33(37)28-13-16-32(40-23-25-9-5-2-6-10-25)27(19-28)17-18-39-22-24-7-3-1-4-8-24/h1-10,12-13,15-16,19,21,30,33,36-37H,11,14,17-18,20,22-23H2,(H,35,38)/t30-,33-/m0/s1. The monoisotopic (exact) mass is 537 g/mol. The number of aromatic hydroxyl groups is 1. The number of carbonyl (C=O) groups is 1. The fourth-order valence-electron chi connectivity index (χ4n) is 5.09. The molecular formula is C34H35NO5. The Morgan fingerprint density at radius 3 is 2.35 bits per heavy atom. The molecule has 0 aromatic heterocycles. The summed E-state index contributed by atoms with van der Waals surface area (Å²) in [5.41, 5.74) is 5.76. The van der Waals surface area contributed by atoms with Crippen LogP contribution < -0.4 is 10.1 Å². The molecule has 206 valence electrons. The first-order chi connectivity index (χ1) is 19.5. The Morgan fingerprint density at radius 2 is 1.60 bits per heavy atom. The topological polar surface area (TPSA) is 88.0 Å². The molecule has 5 rings (SSSR count). The van der Waals surface area contributed by atoms with Crippen molar-refractivity contribution < 1.29 is 24.5 Å². The molecule has 6 heteroatoms. The molecule has 3 N–H and O–H groups in total. The predicted octanol–water partition coefficient (Wildman–Crippen LogP) is 5.44. The molecule has 1 amide bonds. The van der Waals surface area contributed by atoms with Crippen LogP contribution in [0.5, 0.6) is 11.5 Å². The lowest BCUT2D eigenvalue weighted by molar-refractivity contribution is -0.130. The highest BCUT2D eigenvalue weighted by Gasteiger charge is 2.25. The maximum absolute atomic E-state index is 13.0. The Kier molecular flexibility index (Phi) is 9.11. The highest BCUT2D eigenvalue weighted by molar-refractivity contribution is 5.82. The van der Waals surface area contributed by atoms with Crippen LogP contribution in [0.4, 0.5) is 0 Å². The molecular weight excluding hydrogens is 502 g/mol. The van der Waals surface area contributed by atoms with E-state index in [0.29, 0.717) is 44.0 Å². The summed E-state index contributed by atoms with van der Waals surface area (Å²) in [5.74, 6) is 0.491. The minimum Gasteiger partial charge on any atom is -0.508 e. The second kappa shape index (κ2) is 13.3. The van der Waals surface area contributed by atoms with Gasteiger partial charge in [-0.05, 0) is 83.3 Å². The lowest BCUT2D eigenvalue weighted by Gasteiger charge is -2.26. The molecule has 0 unspecified atom stereocenters. The van der Waals surface area contributed by atoms with Gasteiger partial charge in [0.2, 0.25) is 0 Å². The Hall–Kier alpha value is -4.13. The van der Waals surface area contributed by atoms with E-state index >= 15 is 0 Å². The van der Waals surface area contributed by atoms with E-state index in [1.807, 2.05) is 78.9 Å². The number of fused-ring (bicyclic) bond motifs is 1. The lowest BCUT2D eigenvalue weighted by atomic mass is 9.88. The van der Waals surface area contributed by atoms with Crippen LogP contribution in [-0.2, 0) is 42.0 Å². The molecule has 6 nitrogen and oxygen atoms in total. The van der Waals surface area contributed by atoms with Crippen molar-refractivity contribution >= 4 is 5.91 Å². The van der Waals surface area contributed by atoms with Crippen LogP contribution in [0.3, 0.4) is 0 Å². The molecule has 4 aromatic carbocycles. The van der Waals surface area contributed by atoms with Crippen LogP contribution in [0.2, 0.25) is 0 Å². The van der Waals surface area contributed by atoms with Gasteiger partial charge >= 0.3 is 0 Å². The number of aliphatic hydroxyl groups is 1. The van der Waals surface area contributed by atoms with Gasteiger partial charge in [0.25, 0.3) is 5.91 Å². The van der Waals surface area contributed by atoms with Gasteiger partial charge in [0, 0.05) is 6.04 Å². The highest BCUT2D eigenvalue weighted by atomic mass is 16.5. The quantitative estimate of drug-likeness (QED) is 0.222. The highest BCUT2D eigenvalue weighted by Crippen LogP contribution is 2.28. The minimum absolute atomic E-state index is 0.101. The molecule has 0 fully saturated rings. The van der Waals surface area contributed by atoms with Gasteiger partial charge in [0.05, 0.1) is 13.2 Å². The van der Waals surface area contributed by atoms with Crippen molar-refractivity contribution in [1.82, 2.24) is 5.32 Å². The number of rotatable bonds is 11. The fraction of sp³-hybridized carbons (Fsp3) is 0.265. The van der Waals surface area contributed by atoms with E-state index in [1.165, 1.54) is 5.56 Å². The number of ether oxygens (including phenoxy) is 2. The zero-order valence-corrected chi connectivity index (χ0v) is 22.5. The van der Waals surface area contributed by atoms with E-state index in [2.05, 4.69) is 5.32 Å². The van der Waals surface area contributed by atoms with Crippen molar-refractivity contribution in [2.75, 3.05) is 6.61 Å². The van der Waals surface area contributed by atoms with Crippen LogP contribution >= 0.6 is 0 Å². The zero-order chi connectivity index (χ0) is 27.7. The van der Waals surface area contributed by atoms with E-state index in [-0.39, 0.29) is 11.8 Å². The van der Waals surface area contributed by atoms with E-state index < -0.39 is 12.0 Å². The predicted molar refractivity (Wildman–Crippen MR) is 154 cm³/mol. The van der Waals surface area contributed by atoms with Crippen LogP contribution in [0.1, 0.15) is 45.9 Å². The summed E-state index contributed by atoms with van der Waals surface area (Å²) in [6, 6.07) is 30.6.